The molecule has 2 amide bonds. The van der Waals surface area contributed by atoms with Gasteiger partial charge in [0.25, 0.3) is 5.91 Å². The lowest BCUT2D eigenvalue weighted by molar-refractivity contribution is -0.118. The number of halogens is 1. The Morgan fingerprint density at radius 2 is 1.94 bits per heavy atom. The van der Waals surface area contributed by atoms with Crippen molar-refractivity contribution in [3.05, 3.63) is 82.9 Å². The summed E-state index contributed by atoms with van der Waals surface area (Å²) in [4.78, 5) is 28.8. The number of benzene rings is 3. The van der Waals surface area contributed by atoms with Gasteiger partial charge in [-0.3, -0.25) is 14.9 Å². The third-order valence-corrected chi connectivity index (χ3v) is 5.72. The number of hydrogen-bond donors (Lipinski definition) is 2. The highest BCUT2D eigenvalue weighted by atomic mass is 35.5. The van der Waals surface area contributed by atoms with E-state index in [1.54, 1.807) is 18.2 Å². The second-order valence-corrected chi connectivity index (χ2v) is 8.28. The molecule has 0 spiro atoms. The maximum absolute atomic E-state index is 12.7. The lowest BCUT2D eigenvalue weighted by atomic mass is 10.0. The normalized spacial score (nSPS) is 12.8. The summed E-state index contributed by atoms with van der Waals surface area (Å²) in [6.45, 7) is 0.366. The zero-order valence-electron chi connectivity index (χ0n) is 17.7. The number of nitrogens with one attached hydrogen (secondary N) is 2. The van der Waals surface area contributed by atoms with E-state index in [0.717, 1.165) is 27.8 Å². The summed E-state index contributed by atoms with van der Waals surface area (Å²) >= 11 is 6.21. The first kappa shape index (κ1) is 21.0. The molecular weight excluding hydrogens is 440 g/mol. The first-order valence-corrected chi connectivity index (χ1v) is 11.0. The van der Waals surface area contributed by atoms with Crippen molar-refractivity contribution in [2.24, 2.45) is 0 Å². The average Bonchev–Trinajstić information content (AvgIpc) is 3.14. The molecule has 7 nitrogen and oxygen atoms in total. The first-order chi connectivity index (χ1) is 16.0. The van der Waals surface area contributed by atoms with E-state index in [1.807, 2.05) is 53.1 Å². The summed E-state index contributed by atoms with van der Waals surface area (Å²) in [6, 6.07) is 20.8. The monoisotopic (exact) mass is 460 g/mol. The zero-order valence-corrected chi connectivity index (χ0v) is 18.4. The van der Waals surface area contributed by atoms with Gasteiger partial charge in [0.05, 0.1) is 17.6 Å². The summed E-state index contributed by atoms with van der Waals surface area (Å²) < 4.78 is 7.63. The van der Waals surface area contributed by atoms with Crippen LogP contribution in [0.25, 0.3) is 11.0 Å². The topological polar surface area (TPSA) is 85.2 Å². The minimum Gasteiger partial charge on any atom is -0.484 e. The molecule has 1 aliphatic heterocycles. The molecular formula is C25H21ClN4O3. The standard InChI is InChI=1S/C25H21ClN4O3/c26-18-7-9-21-22(13-18)30(14-16-4-2-1-3-5-16)25(28-21)29-24(32)15-33-19-8-10-20-17(12-19)6-11-23(31)27-20/h1-5,7-10,12-13H,6,11,14-15H2,(H,27,31)(H,28,29,32). The van der Waals surface area contributed by atoms with Gasteiger partial charge < -0.3 is 14.6 Å². The van der Waals surface area contributed by atoms with Gasteiger partial charge in [-0.1, -0.05) is 41.9 Å². The number of anilines is 2. The van der Waals surface area contributed by atoms with Crippen LogP contribution >= 0.6 is 11.6 Å². The molecule has 5 rings (SSSR count). The number of rotatable bonds is 6. The molecule has 0 atom stereocenters. The summed E-state index contributed by atoms with van der Waals surface area (Å²) in [5.41, 5.74) is 4.43. The zero-order chi connectivity index (χ0) is 22.8. The predicted molar refractivity (Wildman–Crippen MR) is 128 cm³/mol. The lowest BCUT2D eigenvalue weighted by Crippen LogP contribution is -2.23. The average molecular weight is 461 g/mol. The Morgan fingerprint density at radius 1 is 1.09 bits per heavy atom. The highest BCUT2D eigenvalue weighted by molar-refractivity contribution is 6.31. The Kier molecular flexibility index (Phi) is 5.71. The summed E-state index contributed by atoms with van der Waals surface area (Å²) in [5.74, 6) is 0.689. The quantitative estimate of drug-likeness (QED) is 0.439. The van der Waals surface area contributed by atoms with Crippen LogP contribution in [0.2, 0.25) is 5.02 Å². The third-order valence-electron chi connectivity index (χ3n) is 5.49. The molecule has 4 aromatic rings. The van der Waals surface area contributed by atoms with Gasteiger partial charge in [0.1, 0.15) is 5.75 Å². The van der Waals surface area contributed by atoms with E-state index in [4.69, 9.17) is 16.3 Å². The van der Waals surface area contributed by atoms with Crippen molar-refractivity contribution in [2.45, 2.75) is 19.4 Å². The van der Waals surface area contributed by atoms with E-state index in [-0.39, 0.29) is 18.4 Å². The van der Waals surface area contributed by atoms with Crippen LogP contribution in [0.1, 0.15) is 17.5 Å². The molecule has 0 saturated carbocycles. The molecule has 0 radical (unpaired) electrons. The lowest BCUT2D eigenvalue weighted by Gasteiger charge is -2.17. The number of carbonyl (C=O) groups excluding carboxylic acids is 2. The number of aromatic nitrogens is 2. The molecule has 1 aliphatic rings. The number of carbonyl (C=O) groups is 2. The predicted octanol–water partition coefficient (Wildman–Crippen LogP) is 4.64. The molecule has 2 heterocycles. The Bertz CT molecular complexity index is 1350. The van der Waals surface area contributed by atoms with Crippen molar-refractivity contribution in [1.82, 2.24) is 9.55 Å². The highest BCUT2D eigenvalue weighted by Crippen LogP contribution is 2.27. The van der Waals surface area contributed by atoms with E-state index in [1.165, 1.54) is 0 Å². The molecule has 0 bridgehead atoms. The van der Waals surface area contributed by atoms with Crippen molar-refractivity contribution in [3.63, 3.8) is 0 Å². The van der Waals surface area contributed by atoms with E-state index in [0.29, 0.717) is 36.1 Å². The number of nitrogens with zero attached hydrogens (tertiary/aromatic N) is 2. The molecule has 33 heavy (non-hydrogen) atoms. The van der Waals surface area contributed by atoms with Crippen LogP contribution < -0.4 is 15.4 Å². The van der Waals surface area contributed by atoms with Crippen molar-refractivity contribution in [2.75, 3.05) is 17.2 Å². The number of amides is 2. The molecule has 0 aliphatic carbocycles. The van der Waals surface area contributed by atoms with Crippen LogP contribution in [-0.4, -0.2) is 28.0 Å². The number of hydrogen-bond acceptors (Lipinski definition) is 4. The van der Waals surface area contributed by atoms with Gasteiger partial charge in [-0.25, -0.2) is 4.98 Å². The molecule has 1 aromatic heterocycles. The van der Waals surface area contributed by atoms with Crippen LogP contribution in [0.4, 0.5) is 11.6 Å². The number of ether oxygens (including phenoxy) is 1. The maximum Gasteiger partial charge on any atom is 0.264 e. The molecule has 0 unspecified atom stereocenters. The molecule has 3 aromatic carbocycles. The molecule has 166 valence electrons. The Morgan fingerprint density at radius 3 is 2.79 bits per heavy atom. The van der Waals surface area contributed by atoms with Crippen LogP contribution in [0.3, 0.4) is 0 Å². The molecule has 2 N–H and O–H groups in total. The van der Waals surface area contributed by atoms with Gasteiger partial charge in [0.15, 0.2) is 6.61 Å². The highest BCUT2D eigenvalue weighted by Gasteiger charge is 2.17. The third kappa shape index (κ3) is 4.68. The van der Waals surface area contributed by atoms with Gasteiger partial charge in [-0.15, -0.1) is 0 Å². The van der Waals surface area contributed by atoms with Crippen molar-refractivity contribution < 1.29 is 14.3 Å². The van der Waals surface area contributed by atoms with Crippen molar-refractivity contribution >= 4 is 46.1 Å². The minimum atomic E-state index is -0.322. The Balaban J connectivity index is 1.33. The summed E-state index contributed by atoms with van der Waals surface area (Å²) in [6.07, 6.45) is 1.09. The second kappa shape index (κ2) is 8.96. The summed E-state index contributed by atoms with van der Waals surface area (Å²) in [7, 11) is 0. The molecule has 0 saturated heterocycles. The van der Waals surface area contributed by atoms with Crippen LogP contribution in [0.15, 0.2) is 66.7 Å². The van der Waals surface area contributed by atoms with Crippen molar-refractivity contribution in [3.8, 4) is 5.75 Å². The van der Waals surface area contributed by atoms with E-state index < -0.39 is 0 Å². The fourth-order valence-electron chi connectivity index (χ4n) is 3.88. The summed E-state index contributed by atoms with van der Waals surface area (Å²) in [5, 5.41) is 6.30. The Labute approximate surface area is 195 Å². The second-order valence-electron chi connectivity index (χ2n) is 7.84. The Hall–Kier alpha value is -3.84. The van der Waals surface area contributed by atoms with Gasteiger partial charge in [-0.05, 0) is 53.9 Å². The molecule has 0 fully saturated rings. The minimum absolute atomic E-state index is 0.00947. The van der Waals surface area contributed by atoms with E-state index in [2.05, 4.69) is 15.6 Å². The fourth-order valence-corrected chi connectivity index (χ4v) is 4.04. The van der Waals surface area contributed by atoms with Gasteiger partial charge in [0.2, 0.25) is 11.9 Å². The van der Waals surface area contributed by atoms with Gasteiger partial charge in [0, 0.05) is 17.1 Å². The van der Waals surface area contributed by atoms with Crippen LogP contribution in [0.5, 0.6) is 5.75 Å². The van der Waals surface area contributed by atoms with Gasteiger partial charge in [-0.2, -0.15) is 0 Å². The smallest absolute Gasteiger partial charge is 0.264 e. The largest absolute Gasteiger partial charge is 0.484 e. The SMILES string of the molecule is O=C1CCc2cc(OCC(=O)Nc3nc4ccc(Cl)cc4n3Cc3ccccc3)ccc2N1. The number of aryl methyl sites for hydroxylation is 1. The van der Waals surface area contributed by atoms with Crippen LogP contribution in [0, 0.1) is 0 Å². The first-order valence-electron chi connectivity index (χ1n) is 10.6. The molecule has 8 heteroatoms. The van der Waals surface area contributed by atoms with E-state index >= 15 is 0 Å². The number of imidazole rings is 1. The fraction of sp³-hybridized carbons (Fsp3) is 0.160. The van der Waals surface area contributed by atoms with Crippen molar-refractivity contribution in [1.29, 1.82) is 0 Å². The van der Waals surface area contributed by atoms with E-state index in [9.17, 15) is 9.59 Å². The van der Waals surface area contributed by atoms with Gasteiger partial charge >= 0.3 is 0 Å². The maximum atomic E-state index is 12.7. The number of fused-ring (bicyclic) bond motifs is 2. The van der Waals surface area contributed by atoms with Crippen LogP contribution in [-0.2, 0) is 22.6 Å².